The summed E-state index contributed by atoms with van der Waals surface area (Å²) in [6, 6.07) is 12.7. The second kappa shape index (κ2) is 8.93. The third-order valence-corrected chi connectivity index (χ3v) is 4.76. The van der Waals surface area contributed by atoms with E-state index in [9.17, 15) is 4.79 Å². The van der Waals surface area contributed by atoms with Gasteiger partial charge in [0.15, 0.2) is 17.3 Å². The lowest BCUT2D eigenvalue weighted by Crippen LogP contribution is -2.16. The molecule has 3 rings (SSSR count). The summed E-state index contributed by atoms with van der Waals surface area (Å²) < 4.78 is 17.6. The Labute approximate surface area is 171 Å². The Hall–Kier alpha value is -2.80. The highest BCUT2D eigenvalue weighted by Crippen LogP contribution is 2.37. The number of para-hydroxylation sites is 1. The number of ether oxygens (including phenoxy) is 2. The van der Waals surface area contributed by atoms with Crippen molar-refractivity contribution in [2.45, 2.75) is 26.4 Å². The maximum absolute atomic E-state index is 12.2. The Kier molecular flexibility index (Phi) is 6.36. The van der Waals surface area contributed by atoms with Gasteiger partial charge < -0.3 is 13.9 Å². The topological polar surface area (TPSA) is 73.1 Å². The number of nitrogens with zero attached hydrogens (tertiary/aromatic N) is 1. The molecule has 1 amide bonds. The molecule has 0 radical (unpaired) electrons. The van der Waals surface area contributed by atoms with Crippen molar-refractivity contribution in [1.82, 2.24) is 5.43 Å². The highest BCUT2D eigenvalue weighted by Gasteiger charge is 2.14. The summed E-state index contributed by atoms with van der Waals surface area (Å²) in [5.74, 6) is 1.00. The van der Waals surface area contributed by atoms with Crippen molar-refractivity contribution in [2.75, 3.05) is 7.11 Å². The van der Waals surface area contributed by atoms with E-state index in [2.05, 4.69) is 33.4 Å². The van der Waals surface area contributed by atoms with Gasteiger partial charge in [-0.3, -0.25) is 4.79 Å². The predicted molar refractivity (Wildman–Crippen MR) is 112 cm³/mol. The molecular formula is C21H21BrN2O4. The molecule has 0 fully saturated rings. The van der Waals surface area contributed by atoms with E-state index in [-0.39, 0.29) is 11.9 Å². The number of rotatable bonds is 7. The molecule has 0 saturated heterocycles. The van der Waals surface area contributed by atoms with Gasteiger partial charge in [-0.1, -0.05) is 25.1 Å². The molecule has 146 valence electrons. The first-order valence-electron chi connectivity index (χ1n) is 8.88. The number of nitrogens with one attached hydrogen (secondary N) is 1. The Morgan fingerprint density at radius 1 is 1.32 bits per heavy atom. The number of methoxy groups -OCH3 is 1. The summed E-state index contributed by atoms with van der Waals surface area (Å²) in [4.78, 5) is 12.2. The van der Waals surface area contributed by atoms with E-state index in [1.54, 1.807) is 19.2 Å². The number of halogens is 1. The van der Waals surface area contributed by atoms with Gasteiger partial charge >= 0.3 is 5.91 Å². The number of benzene rings is 2. The third kappa shape index (κ3) is 4.54. The molecule has 2 aromatic carbocycles. The first-order chi connectivity index (χ1) is 13.5. The fourth-order valence-corrected chi connectivity index (χ4v) is 3.08. The summed E-state index contributed by atoms with van der Waals surface area (Å²) in [5, 5.41) is 4.87. The Balaban J connectivity index is 1.72. The quantitative estimate of drug-likeness (QED) is 0.404. The number of hydrazone groups is 1. The second-order valence-electron chi connectivity index (χ2n) is 6.22. The van der Waals surface area contributed by atoms with Crippen LogP contribution in [0.25, 0.3) is 11.0 Å². The van der Waals surface area contributed by atoms with Crippen LogP contribution in [0.2, 0.25) is 0 Å². The van der Waals surface area contributed by atoms with Crippen molar-refractivity contribution in [2.24, 2.45) is 5.10 Å². The molecule has 1 aromatic heterocycles. The molecule has 0 aliphatic carbocycles. The predicted octanol–water partition coefficient (Wildman–Crippen LogP) is 5.15. The van der Waals surface area contributed by atoms with Crippen LogP contribution in [0.5, 0.6) is 11.5 Å². The summed E-state index contributed by atoms with van der Waals surface area (Å²) in [5.41, 5.74) is 3.87. The molecule has 0 spiro atoms. The smallest absolute Gasteiger partial charge is 0.307 e. The lowest BCUT2D eigenvalue weighted by molar-refractivity contribution is 0.0929. The highest BCUT2D eigenvalue weighted by molar-refractivity contribution is 9.10. The maximum atomic E-state index is 12.2. The number of hydrogen-bond acceptors (Lipinski definition) is 5. The van der Waals surface area contributed by atoms with E-state index in [0.717, 1.165) is 21.8 Å². The van der Waals surface area contributed by atoms with Gasteiger partial charge in [-0.05, 0) is 59.1 Å². The number of amides is 1. The summed E-state index contributed by atoms with van der Waals surface area (Å²) in [6.07, 6.45) is 2.47. The van der Waals surface area contributed by atoms with Crippen molar-refractivity contribution < 1.29 is 18.7 Å². The van der Waals surface area contributed by atoms with E-state index in [0.29, 0.717) is 17.1 Å². The molecule has 3 aromatic rings. The minimum atomic E-state index is -0.421. The molecule has 7 heteroatoms. The number of furan rings is 1. The number of fused-ring (bicyclic) bond motifs is 1. The lowest BCUT2D eigenvalue weighted by atomic mass is 10.2. The molecule has 1 N–H and O–H groups in total. The first kappa shape index (κ1) is 19.9. The minimum Gasteiger partial charge on any atom is -0.493 e. The van der Waals surface area contributed by atoms with Crippen molar-refractivity contribution in [3.05, 3.63) is 58.3 Å². The van der Waals surface area contributed by atoms with Gasteiger partial charge in [0.2, 0.25) is 0 Å². The van der Waals surface area contributed by atoms with Crippen LogP contribution in [0.1, 0.15) is 36.4 Å². The average Bonchev–Trinajstić information content (AvgIpc) is 3.13. The number of carbonyl (C=O) groups excluding carboxylic acids is 1. The fourth-order valence-electron chi connectivity index (χ4n) is 2.53. The lowest BCUT2D eigenvalue weighted by Gasteiger charge is -2.17. The van der Waals surface area contributed by atoms with Crippen LogP contribution in [-0.2, 0) is 0 Å². The van der Waals surface area contributed by atoms with Gasteiger partial charge in [-0.25, -0.2) is 5.43 Å². The number of hydrogen-bond donors (Lipinski definition) is 1. The normalized spacial score (nSPS) is 12.3. The molecule has 6 nitrogen and oxygen atoms in total. The van der Waals surface area contributed by atoms with Crippen molar-refractivity contribution in [1.29, 1.82) is 0 Å². The summed E-state index contributed by atoms with van der Waals surface area (Å²) in [7, 11) is 1.58. The molecule has 1 atom stereocenters. The van der Waals surface area contributed by atoms with Gasteiger partial charge in [-0.15, -0.1) is 0 Å². The van der Waals surface area contributed by atoms with Crippen LogP contribution < -0.4 is 14.9 Å². The molecule has 0 saturated carbocycles. The van der Waals surface area contributed by atoms with Crippen LogP contribution >= 0.6 is 15.9 Å². The Bertz CT molecular complexity index is 980. The van der Waals surface area contributed by atoms with Crippen LogP contribution in [0.3, 0.4) is 0 Å². The Morgan fingerprint density at radius 2 is 2.11 bits per heavy atom. The Morgan fingerprint density at radius 3 is 2.82 bits per heavy atom. The molecule has 0 aliphatic rings. The zero-order chi connectivity index (χ0) is 20.1. The fraction of sp³-hybridized carbons (Fsp3) is 0.238. The van der Waals surface area contributed by atoms with Crippen LogP contribution in [0.4, 0.5) is 0 Å². The van der Waals surface area contributed by atoms with E-state index >= 15 is 0 Å². The van der Waals surface area contributed by atoms with Crippen LogP contribution in [0, 0.1) is 0 Å². The maximum Gasteiger partial charge on any atom is 0.307 e. The molecule has 28 heavy (non-hydrogen) atoms. The van der Waals surface area contributed by atoms with Gasteiger partial charge in [0, 0.05) is 5.39 Å². The monoisotopic (exact) mass is 444 g/mol. The van der Waals surface area contributed by atoms with Crippen molar-refractivity contribution >= 4 is 39.0 Å². The first-order valence-corrected chi connectivity index (χ1v) is 9.67. The van der Waals surface area contributed by atoms with Gasteiger partial charge in [0.1, 0.15) is 5.58 Å². The van der Waals surface area contributed by atoms with Crippen molar-refractivity contribution in [3.8, 4) is 11.5 Å². The molecule has 1 heterocycles. The summed E-state index contributed by atoms with van der Waals surface area (Å²) >= 11 is 3.50. The van der Waals surface area contributed by atoms with E-state index in [1.165, 1.54) is 6.21 Å². The summed E-state index contributed by atoms with van der Waals surface area (Å²) in [6.45, 7) is 4.05. The zero-order valence-electron chi connectivity index (χ0n) is 15.9. The van der Waals surface area contributed by atoms with Crippen LogP contribution in [-0.4, -0.2) is 25.3 Å². The second-order valence-corrected chi connectivity index (χ2v) is 7.07. The standard InChI is InChI=1S/C21H21BrN2O4/c1-4-13(2)27-20-16(22)9-14(10-18(20)26-3)12-23-24-21(25)19-11-15-7-5-6-8-17(15)28-19/h5-13H,4H2,1-3H3,(H,24,25)/b23-12+/t13-/m0/s1. The van der Waals surface area contributed by atoms with E-state index in [4.69, 9.17) is 13.9 Å². The third-order valence-electron chi connectivity index (χ3n) is 4.17. The molecule has 0 unspecified atom stereocenters. The van der Waals surface area contributed by atoms with Gasteiger partial charge in [0.05, 0.1) is 23.9 Å². The zero-order valence-corrected chi connectivity index (χ0v) is 17.4. The van der Waals surface area contributed by atoms with Crippen molar-refractivity contribution in [3.63, 3.8) is 0 Å². The van der Waals surface area contributed by atoms with E-state index < -0.39 is 5.91 Å². The molecule has 0 bridgehead atoms. The average molecular weight is 445 g/mol. The van der Waals surface area contributed by atoms with Gasteiger partial charge in [0.25, 0.3) is 0 Å². The highest BCUT2D eigenvalue weighted by atomic mass is 79.9. The van der Waals surface area contributed by atoms with Gasteiger partial charge in [-0.2, -0.15) is 5.10 Å². The largest absolute Gasteiger partial charge is 0.493 e. The van der Waals surface area contributed by atoms with Crippen LogP contribution in [0.15, 0.2) is 56.5 Å². The SMILES string of the molecule is CC[C@H](C)Oc1c(Br)cc(/C=N/NC(=O)c2cc3ccccc3o2)cc1OC. The number of carbonyl (C=O) groups is 1. The minimum absolute atomic E-state index is 0.0628. The molecule has 0 aliphatic heterocycles. The molecular weight excluding hydrogens is 424 g/mol. The van der Waals surface area contributed by atoms with E-state index in [1.807, 2.05) is 37.3 Å².